The van der Waals surface area contributed by atoms with E-state index in [2.05, 4.69) is 10.6 Å². The minimum absolute atomic E-state index is 0.0548. The normalized spacial score (nSPS) is 16.6. The predicted molar refractivity (Wildman–Crippen MR) is 87.9 cm³/mol. The van der Waals surface area contributed by atoms with Crippen molar-refractivity contribution in [2.75, 3.05) is 47.1 Å². The van der Waals surface area contributed by atoms with Gasteiger partial charge in [-0.3, -0.25) is 4.79 Å². The smallest absolute Gasteiger partial charge is 0.228 e. The number of piperidine rings is 1. The highest BCUT2D eigenvalue weighted by Gasteiger charge is 2.39. The van der Waals surface area contributed by atoms with Gasteiger partial charge in [0.15, 0.2) is 0 Å². The molecule has 0 aromatic heterocycles. The molecule has 23 heavy (non-hydrogen) atoms. The number of nitrogens with one attached hydrogen (secondary N) is 2. The Morgan fingerprint density at radius 3 is 2.43 bits per heavy atom. The molecule has 0 radical (unpaired) electrons. The molecule has 2 N–H and O–H groups in total. The summed E-state index contributed by atoms with van der Waals surface area (Å²) in [6.07, 6.45) is 1.60. The Morgan fingerprint density at radius 1 is 1.17 bits per heavy atom. The lowest BCUT2D eigenvalue weighted by atomic mass is 9.78. The number of ether oxygens (including phenoxy) is 3. The molecule has 2 rings (SSSR count). The summed E-state index contributed by atoms with van der Waals surface area (Å²) in [5, 5.41) is 6.25. The molecule has 0 saturated carbocycles. The summed E-state index contributed by atoms with van der Waals surface area (Å²) in [6, 6.07) is 7.38. The van der Waals surface area contributed by atoms with E-state index in [-0.39, 0.29) is 5.91 Å². The Kier molecular flexibility index (Phi) is 6.67. The summed E-state index contributed by atoms with van der Waals surface area (Å²) in [5.74, 6) is 1.60. The first-order chi connectivity index (χ1) is 11.2. The molecule has 1 fully saturated rings. The maximum atomic E-state index is 12.5. The van der Waals surface area contributed by atoms with Crippen LogP contribution in [0.3, 0.4) is 0 Å². The summed E-state index contributed by atoms with van der Waals surface area (Å²) in [4.78, 5) is 12.5. The molecule has 1 aromatic rings. The largest absolute Gasteiger partial charge is 0.497 e. The van der Waals surface area contributed by atoms with E-state index in [1.807, 2.05) is 24.3 Å². The molecule has 0 atom stereocenters. The van der Waals surface area contributed by atoms with E-state index in [1.165, 1.54) is 0 Å². The molecule has 0 bridgehead atoms. The lowest BCUT2D eigenvalue weighted by molar-refractivity contribution is -0.136. The van der Waals surface area contributed by atoms with Gasteiger partial charge in [0.2, 0.25) is 5.91 Å². The molecule has 1 heterocycles. The van der Waals surface area contributed by atoms with Crippen LogP contribution in [0.15, 0.2) is 24.3 Å². The number of hydrogen-bond donors (Lipinski definition) is 2. The van der Waals surface area contributed by atoms with E-state index >= 15 is 0 Å². The van der Waals surface area contributed by atoms with Gasteiger partial charge in [-0.25, -0.2) is 0 Å². The molecule has 128 valence electrons. The van der Waals surface area contributed by atoms with Gasteiger partial charge < -0.3 is 24.8 Å². The third-order valence-electron chi connectivity index (χ3n) is 4.18. The number of benzene rings is 1. The second kappa shape index (κ2) is 8.74. The van der Waals surface area contributed by atoms with Crippen molar-refractivity contribution in [3.05, 3.63) is 24.3 Å². The van der Waals surface area contributed by atoms with Gasteiger partial charge in [-0.1, -0.05) is 0 Å². The van der Waals surface area contributed by atoms with Crippen LogP contribution in [0.4, 0.5) is 0 Å². The molecule has 0 aliphatic carbocycles. The van der Waals surface area contributed by atoms with Crippen molar-refractivity contribution < 1.29 is 19.0 Å². The summed E-state index contributed by atoms with van der Waals surface area (Å²) < 4.78 is 16.0. The van der Waals surface area contributed by atoms with Gasteiger partial charge >= 0.3 is 0 Å². The van der Waals surface area contributed by atoms with Crippen LogP contribution in [-0.2, 0) is 9.53 Å². The molecule has 1 aliphatic rings. The van der Waals surface area contributed by atoms with Gasteiger partial charge in [-0.05, 0) is 50.2 Å². The first-order valence-electron chi connectivity index (χ1n) is 7.95. The Hall–Kier alpha value is -1.79. The number of hydrogen-bond acceptors (Lipinski definition) is 5. The summed E-state index contributed by atoms with van der Waals surface area (Å²) in [5.41, 5.74) is -0.417. The highest BCUT2D eigenvalue weighted by molar-refractivity contribution is 5.83. The summed E-state index contributed by atoms with van der Waals surface area (Å²) >= 11 is 0. The zero-order valence-electron chi connectivity index (χ0n) is 13.9. The second-order valence-corrected chi connectivity index (χ2v) is 5.74. The zero-order valence-corrected chi connectivity index (χ0v) is 13.9. The van der Waals surface area contributed by atoms with Crippen molar-refractivity contribution in [2.45, 2.75) is 12.8 Å². The molecule has 1 amide bonds. The third-order valence-corrected chi connectivity index (χ3v) is 4.18. The van der Waals surface area contributed by atoms with E-state index in [4.69, 9.17) is 14.2 Å². The maximum Gasteiger partial charge on any atom is 0.228 e. The van der Waals surface area contributed by atoms with Gasteiger partial charge in [0, 0.05) is 7.11 Å². The zero-order chi connectivity index (χ0) is 16.5. The SMILES string of the molecule is COCC1(C(=O)NCCOc2ccc(OC)cc2)CCNCC1. The van der Waals surface area contributed by atoms with Crippen LogP contribution in [0.1, 0.15) is 12.8 Å². The quantitative estimate of drug-likeness (QED) is 0.704. The maximum absolute atomic E-state index is 12.5. The van der Waals surface area contributed by atoms with Crippen LogP contribution < -0.4 is 20.1 Å². The highest BCUT2D eigenvalue weighted by atomic mass is 16.5. The van der Waals surface area contributed by atoms with Crippen LogP contribution in [0.25, 0.3) is 0 Å². The molecule has 6 nitrogen and oxygen atoms in total. The molecular formula is C17H26N2O4. The topological polar surface area (TPSA) is 68.8 Å². The molecule has 0 spiro atoms. The third kappa shape index (κ3) is 4.84. The van der Waals surface area contributed by atoms with Crippen molar-refractivity contribution in [2.24, 2.45) is 5.41 Å². The van der Waals surface area contributed by atoms with Crippen molar-refractivity contribution >= 4 is 5.91 Å². The Morgan fingerprint density at radius 2 is 1.83 bits per heavy atom. The fourth-order valence-electron chi connectivity index (χ4n) is 2.81. The Balaban J connectivity index is 1.76. The highest BCUT2D eigenvalue weighted by Crippen LogP contribution is 2.29. The Bertz CT molecular complexity index is 478. The van der Waals surface area contributed by atoms with E-state index in [0.29, 0.717) is 19.8 Å². The molecular weight excluding hydrogens is 296 g/mol. The lowest BCUT2D eigenvalue weighted by Gasteiger charge is -2.35. The summed E-state index contributed by atoms with van der Waals surface area (Å²) in [7, 11) is 3.27. The van der Waals surface area contributed by atoms with Gasteiger partial charge in [0.05, 0.1) is 25.7 Å². The van der Waals surface area contributed by atoms with Crippen LogP contribution in [0.5, 0.6) is 11.5 Å². The number of methoxy groups -OCH3 is 2. The van der Waals surface area contributed by atoms with Crippen molar-refractivity contribution in [3.8, 4) is 11.5 Å². The average molecular weight is 322 g/mol. The van der Waals surface area contributed by atoms with Gasteiger partial charge in [0.1, 0.15) is 18.1 Å². The standard InChI is InChI=1S/C17H26N2O4/c1-21-13-17(7-9-18-10-8-17)16(20)19-11-12-23-15-5-3-14(22-2)4-6-15/h3-6,18H,7-13H2,1-2H3,(H,19,20). The summed E-state index contributed by atoms with van der Waals surface area (Å²) in [6.45, 7) is 3.06. The van der Waals surface area contributed by atoms with Gasteiger partial charge in [-0.15, -0.1) is 0 Å². The fourth-order valence-corrected chi connectivity index (χ4v) is 2.81. The number of carbonyl (C=O) groups is 1. The van der Waals surface area contributed by atoms with E-state index in [1.54, 1.807) is 14.2 Å². The Labute approximate surface area is 137 Å². The minimum Gasteiger partial charge on any atom is -0.497 e. The molecule has 1 saturated heterocycles. The number of amides is 1. The lowest BCUT2D eigenvalue weighted by Crippen LogP contribution is -2.50. The first-order valence-corrected chi connectivity index (χ1v) is 7.95. The van der Waals surface area contributed by atoms with Crippen LogP contribution in [0, 0.1) is 5.41 Å². The number of carbonyl (C=O) groups excluding carboxylic acids is 1. The van der Waals surface area contributed by atoms with Crippen LogP contribution in [0.2, 0.25) is 0 Å². The molecule has 6 heteroatoms. The molecule has 0 unspecified atom stereocenters. The van der Waals surface area contributed by atoms with Crippen LogP contribution in [-0.4, -0.2) is 53.0 Å². The monoisotopic (exact) mass is 322 g/mol. The van der Waals surface area contributed by atoms with E-state index in [0.717, 1.165) is 37.4 Å². The average Bonchev–Trinajstić information content (AvgIpc) is 2.60. The van der Waals surface area contributed by atoms with Gasteiger partial charge in [0.25, 0.3) is 0 Å². The van der Waals surface area contributed by atoms with Crippen molar-refractivity contribution in [1.82, 2.24) is 10.6 Å². The van der Waals surface area contributed by atoms with E-state index < -0.39 is 5.41 Å². The van der Waals surface area contributed by atoms with Gasteiger partial charge in [-0.2, -0.15) is 0 Å². The fraction of sp³-hybridized carbons (Fsp3) is 0.588. The molecule has 1 aliphatic heterocycles. The predicted octanol–water partition coefficient (Wildman–Crippen LogP) is 1.21. The van der Waals surface area contributed by atoms with Crippen molar-refractivity contribution in [1.29, 1.82) is 0 Å². The second-order valence-electron chi connectivity index (χ2n) is 5.74. The molecule has 1 aromatic carbocycles. The van der Waals surface area contributed by atoms with Crippen molar-refractivity contribution in [3.63, 3.8) is 0 Å². The van der Waals surface area contributed by atoms with Crippen LogP contribution >= 0.6 is 0 Å². The first kappa shape index (κ1) is 17.6. The van der Waals surface area contributed by atoms with E-state index in [9.17, 15) is 4.79 Å². The minimum atomic E-state index is -0.417. The number of rotatable bonds is 8.